The molecule has 1 saturated heterocycles. The van der Waals surface area contributed by atoms with Crippen molar-refractivity contribution in [2.75, 3.05) is 20.2 Å². The Balaban J connectivity index is 1.42. The van der Waals surface area contributed by atoms with Gasteiger partial charge in [0.15, 0.2) is 5.65 Å². The lowest BCUT2D eigenvalue weighted by atomic mass is 10.0. The van der Waals surface area contributed by atoms with Crippen LogP contribution in [0.1, 0.15) is 40.5 Å². The SMILES string of the molecule is COC(=O)c1c(C)nn2c1ncc1c(=O)n(C3CCN(Cc4ccccc4)CC3)ccc12. The van der Waals surface area contributed by atoms with Gasteiger partial charge in [-0.15, -0.1) is 0 Å². The van der Waals surface area contributed by atoms with Crippen LogP contribution < -0.4 is 5.56 Å². The van der Waals surface area contributed by atoms with Crippen LogP contribution in [0.25, 0.3) is 16.6 Å². The number of piperidine rings is 1. The van der Waals surface area contributed by atoms with Crippen LogP contribution in [-0.4, -0.2) is 50.2 Å². The normalized spacial score (nSPS) is 15.4. The largest absolute Gasteiger partial charge is 0.465 e. The van der Waals surface area contributed by atoms with Gasteiger partial charge in [0, 0.05) is 38.1 Å². The molecule has 0 bridgehead atoms. The van der Waals surface area contributed by atoms with E-state index in [-0.39, 0.29) is 11.6 Å². The summed E-state index contributed by atoms with van der Waals surface area (Å²) < 4.78 is 8.25. The number of aryl methyl sites for hydroxylation is 1. The Hall–Kier alpha value is -3.52. The molecule has 1 aromatic carbocycles. The molecule has 0 radical (unpaired) electrons. The number of methoxy groups -OCH3 is 1. The standard InChI is InChI=1S/C24H25N5O3/c1-16-21(24(31)32-2)22-25-14-19-20(29(22)26-16)10-13-28(23(19)30)18-8-11-27(12-9-18)15-17-6-4-3-5-7-17/h3-7,10,13-14,18H,8-9,11-12,15H2,1-2H3. The Bertz CT molecular complexity index is 1350. The molecule has 32 heavy (non-hydrogen) atoms. The molecule has 8 heteroatoms. The first-order chi connectivity index (χ1) is 15.6. The van der Waals surface area contributed by atoms with Crippen LogP contribution in [-0.2, 0) is 11.3 Å². The van der Waals surface area contributed by atoms with Gasteiger partial charge in [0.2, 0.25) is 0 Å². The molecule has 4 aromatic rings. The zero-order chi connectivity index (χ0) is 22.2. The summed E-state index contributed by atoms with van der Waals surface area (Å²) in [6, 6.07) is 12.5. The quantitative estimate of drug-likeness (QED) is 0.462. The molecule has 0 unspecified atom stereocenters. The van der Waals surface area contributed by atoms with Crippen molar-refractivity contribution < 1.29 is 9.53 Å². The van der Waals surface area contributed by atoms with Crippen molar-refractivity contribution in [3.63, 3.8) is 0 Å². The molecule has 0 amide bonds. The van der Waals surface area contributed by atoms with E-state index in [1.165, 1.54) is 12.7 Å². The minimum atomic E-state index is -0.486. The van der Waals surface area contributed by atoms with Gasteiger partial charge < -0.3 is 9.30 Å². The van der Waals surface area contributed by atoms with E-state index in [1.807, 2.05) is 22.9 Å². The number of nitrogens with zero attached hydrogens (tertiary/aromatic N) is 5. The van der Waals surface area contributed by atoms with Crippen molar-refractivity contribution in [2.45, 2.75) is 32.4 Å². The lowest BCUT2D eigenvalue weighted by Gasteiger charge is -2.33. The predicted molar refractivity (Wildman–Crippen MR) is 121 cm³/mol. The molecule has 164 valence electrons. The van der Waals surface area contributed by atoms with Crippen molar-refractivity contribution in [1.82, 2.24) is 24.1 Å². The number of likely N-dealkylation sites (tertiary alicyclic amines) is 1. The molecule has 0 atom stereocenters. The first-order valence-corrected chi connectivity index (χ1v) is 10.8. The number of hydrogen-bond acceptors (Lipinski definition) is 6. The van der Waals surface area contributed by atoms with Gasteiger partial charge in [-0.2, -0.15) is 5.10 Å². The predicted octanol–water partition coefficient (Wildman–Crippen LogP) is 2.98. The smallest absolute Gasteiger partial charge is 0.343 e. The van der Waals surface area contributed by atoms with Crippen LogP contribution in [0.5, 0.6) is 0 Å². The monoisotopic (exact) mass is 431 g/mol. The maximum Gasteiger partial charge on any atom is 0.343 e. The van der Waals surface area contributed by atoms with Gasteiger partial charge in [-0.05, 0) is 31.4 Å². The number of esters is 1. The van der Waals surface area contributed by atoms with Crippen LogP contribution in [0, 0.1) is 6.92 Å². The molecule has 1 aliphatic heterocycles. The number of rotatable bonds is 4. The number of benzene rings is 1. The minimum Gasteiger partial charge on any atom is -0.465 e. The average molecular weight is 431 g/mol. The van der Waals surface area contributed by atoms with Gasteiger partial charge in [0.1, 0.15) is 5.56 Å². The Kier molecular flexibility index (Phi) is 5.22. The minimum absolute atomic E-state index is 0.0776. The molecule has 8 nitrogen and oxygen atoms in total. The third-order valence-corrected chi connectivity index (χ3v) is 6.30. The number of hydrogen-bond donors (Lipinski definition) is 0. The van der Waals surface area contributed by atoms with Gasteiger partial charge in [-0.1, -0.05) is 30.3 Å². The molecular formula is C24H25N5O3. The summed E-state index contributed by atoms with van der Waals surface area (Å²) in [6.45, 7) is 4.56. The lowest BCUT2D eigenvalue weighted by molar-refractivity contribution is 0.0602. The molecule has 0 spiro atoms. The van der Waals surface area contributed by atoms with Gasteiger partial charge >= 0.3 is 5.97 Å². The molecule has 4 heterocycles. The zero-order valence-electron chi connectivity index (χ0n) is 18.2. The summed E-state index contributed by atoms with van der Waals surface area (Å²) in [5.41, 5.74) is 3.11. The van der Waals surface area contributed by atoms with Crippen molar-refractivity contribution in [3.05, 3.63) is 76.0 Å². The van der Waals surface area contributed by atoms with Crippen molar-refractivity contribution in [3.8, 4) is 0 Å². The molecule has 0 N–H and O–H groups in total. The van der Waals surface area contributed by atoms with E-state index in [4.69, 9.17) is 4.74 Å². The third-order valence-electron chi connectivity index (χ3n) is 6.30. The highest BCUT2D eigenvalue weighted by Crippen LogP contribution is 2.24. The lowest BCUT2D eigenvalue weighted by Crippen LogP contribution is -2.37. The van der Waals surface area contributed by atoms with Gasteiger partial charge in [-0.25, -0.2) is 14.3 Å². The summed E-state index contributed by atoms with van der Waals surface area (Å²) in [5, 5.41) is 4.93. The first kappa shape index (κ1) is 20.4. The third kappa shape index (κ3) is 3.46. The Morgan fingerprint density at radius 2 is 1.91 bits per heavy atom. The van der Waals surface area contributed by atoms with E-state index < -0.39 is 5.97 Å². The fraction of sp³-hybridized carbons (Fsp3) is 0.333. The second kappa shape index (κ2) is 8.20. The second-order valence-corrected chi connectivity index (χ2v) is 8.27. The van der Waals surface area contributed by atoms with Crippen molar-refractivity contribution in [2.24, 2.45) is 0 Å². The number of fused-ring (bicyclic) bond motifs is 3. The molecule has 3 aromatic heterocycles. The van der Waals surface area contributed by atoms with Gasteiger partial charge in [-0.3, -0.25) is 9.69 Å². The first-order valence-electron chi connectivity index (χ1n) is 10.8. The maximum atomic E-state index is 13.3. The van der Waals surface area contributed by atoms with Crippen LogP contribution in [0.3, 0.4) is 0 Å². The second-order valence-electron chi connectivity index (χ2n) is 8.27. The number of pyridine rings is 1. The molecule has 0 saturated carbocycles. The number of carbonyl (C=O) groups excluding carboxylic acids is 1. The summed E-state index contributed by atoms with van der Waals surface area (Å²) in [5.74, 6) is -0.486. The molecule has 1 fully saturated rings. The molecule has 1 aliphatic rings. The van der Waals surface area contributed by atoms with E-state index in [9.17, 15) is 9.59 Å². The summed E-state index contributed by atoms with van der Waals surface area (Å²) in [4.78, 5) is 32.2. The molecule has 5 rings (SSSR count). The average Bonchev–Trinajstić information content (AvgIpc) is 3.16. The Morgan fingerprint density at radius 3 is 2.62 bits per heavy atom. The van der Waals surface area contributed by atoms with E-state index in [2.05, 4.69) is 39.2 Å². The van der Waals surface area contributed by atoms with E-state index in [0.29, 0.717) is 27.8 Å². The fourth-order valence-electron chi connectivity index (χ4n) is 4.62. The van der Waals surface area contributed by atoms with Crippen molar-refractivity contribution >= 4 is 22.5 Å². The van der Waals surface area contributed by atoms with Crippen LogP contribution in [0.15, 0.2) is 53.6 Å². The summed E-state index contributed by atoms with van der Waals surface area (Å²) in [7, 11) is 1.33. The van der Waals surface area contributed by atoms with Crippen LogP contribution in [0.4, 0.5) is 0 Å². The highest BCUT2D eigenvalue weighted by Gasteiger charge is 2.24. The summed E-state index contributed by atoms with van der Waals surface area (Å²) >= 11 is 0. The van der Waals surface area contributed by atoms with Crippen LogP contribution >= 0.6 is 0 Å². The number of aromatic nitrogens is 4. The maximum absolute atomic E-state index is 13.3. The number of ether oxygens (including phenoxy) is 1. The van der Waals surface area contributed by atoms with E-state index in [1.54, 1.807) is 17.6 Å². The summed E-state index contributed by atoms with van der Waals surface area (Å²) in [6.07, 6.45) is 5.22. The zero-order valence-corrected chi connectivity index (χ0v) is 18.2. The molecular weight excluding hydrogens is 406 g/mol. The van der Waals surface area contributed by atoms with E-state index >= 15 is 0 Å². The van der Waals surface area contributed by atoms with Gasteiger partial charge in [0.05, 0.1) is 23.7 Å². The van der Waals surface area contributed by atoms with Crippen molar-refractivity contribution in [1.29, 1.82) is 0 Å². The van der Waals surface area contributed by atoms with Crippen LogP contribution in [0.2, 0.25) is 0 Å². The topological polar surface area (TPSA) is 81.7 Å². The van der Waals surface area contributed by atoms with E-state index in [0.717, 1.165) is 32.5 Å². The number of carbonyl (C=O) groups is 1. The molecule has 0 aliphatic carbocycles. The Morgan fingerprint density at radius 1 is 1.16 bits per heavy atom. The highest BCUT2D eigenvalue weighted by molar-refractivity contribution is 5.98. The Labute approximate surface area is 185 Å². The fourth-order valence-corrected chi connectivity index (χ4v) is 4.62. The van der Waals surface area contributed by atoms with Gasteiger partial charge in [0.25, 0.3) is 5.56 Å². The highest BCUT2D eigenvalue weighted by atomic mass is 16.5.